The summed E-state index contributed by atoms with van der Waals surface area (Å²) in [7, 11) is 0. The van der Waals surface area contributed by atoms with Gasteiger partial charge in [0.25, 0.3) is 0 Å². The summed E-state index contributed by atoms with van der Waals surface area (Å²) in [6.07, 6.45) is 3.63. The molecule has 5 nitrogen and oxygen atoms in total. The summed E-state index contributed by atoms with van der Waals surface area (Å²) in [4.78, 5) is 11.3. The lowest BCUT2D eigenvalue weighted by Gasteiger charge is -2.20. The molecule has 0 unspecified atom stereocenters. The Morgan fingerprint density at radius 2 is 2.04 bits per heavy atom. The summed E-state index contributed by atoms with van der Waals surface area (Å²) in [5, 5.41) is 8.73. The standard InChI is InChI=1S/C19H19NO4/c1-12(15-11-17(20)19(2,3)24-15)8-9-22-14-6-4-13-5-7-18(21)23-16(13)10-14/h4-8,10-11,20H,9H2,1-3H3/b12-8+,20-17?. The van der Waals surface area contributed by atoms with Gasteiger partial charge >= 0.3 is 5.63 Å². The fraction of sp³-hybridized carbons (Fsp3) is 0.263. The van der Waals surface area contributed by atoms with Crippen molar-refractivity contribution in [1.82, 2.24) is 0 Å². The zero-order valence-electron chi connectivity index (χ0n) is 13.9. The second kappa shape index (κ2) is 6.00. The highest BCUT2D eigenvalue weighted by atomic mass is 16.5. The molecule has 0 amide bonds. The Labute approximate surface area is 139 Å². The highest BCUT2D eigenvalue weighted by Crippen LogP contribution is 2.28. The van der Waals surface area contributed by atoms with Gasteiger partial charge in [0.05, 0.1) is 5.71 Å². The molecule has 1 aromatic carbocycles. The van der Waals surface area contributed by atoms with Crippen LogP contribution in [0.1, 0.15) is 20.8 Å². The summed E-state index contributed by atoms with van der Waals surface area (Å²) in [6, 6.07) is 8.48. The van der Waals surface area contributed by atoms with E-state index in [4.69, 9.17) is 19.3 Å². The van der Waals surface area contributed by atoms with Gasteiger partial charge in [0.15, 0.2) is 0 Å². The lowest BCUT2D eigenvalue weighted by molar-refractivity contribution is 0.114. The van der Waals surface area contributed by atoms with Crippen LogP contribution in [-0.2, 0) is 4.74 Å². The van der Waals surface area contributed by atoms with Crippen molar-refractivity contribution >= 4 is 16.7 Å². The summed E-state index contributed by atoms with van der Waals surface area (Å²) >= 11 is 0. The maximum Gasteiger partial charge on any atom is 0.336 e. The Bertz CT molecular complexity index is 918. The van der Waals surface area contributed by atoms with Crippen LogP contribution in [0.4, 0.5) is 0 Å². The zero-order chi connectivity index (χ0) is 17.3. The normalized spacial score (nSPS) is 16.9. The third-order valence-electron chi connectivity index (χ3n) is 3.91. The molecule has 1 aliphatic heterocycles. The molecule has 124 valence electrons. The van der Waals surface area contributed by atoms with Gasteiger partial charge < -0.3 is 19.3 Å². The summed E-state index contributed by atoms with van der Waals surface area (Å²) < 4.78 is 16.6. The molecular formula is C19H19NO4. The molecule has 5 heteroatoms. The second-order valence-corrected chi connectivity index (χ2v) is 6.19. The van der Waals surface area contributed by atoms with Gasteiger partial charge in [0.2, 0.25) is 0 Å². The second-order valence-electron chi connectivity index (χ2n) is 6.19. The molecular weight excluding hydrogens is 306 g/mol. The number of hydrogen-bond acceptors (Lipinski definition) is 5. The molecule has 0 radical (unpaired) electrons. The largest absolute Gasteiger partial charge is 0.489 e. The predicted molar refractivity (Wildman–Crippen MR) is 92.7 cm³/mol. The third-order valence-corrected chi connectivity index (χ3v) is 3.91. The Balaban J connectivity index is 1.69. The highest BCUT2D eigenvalue weighted by Gasteiger charge is 2.32. The molecule has 1 aliphatic rings. The Hall–Kier alpha value is -2.82. The number of allylic oxidation sites excluding steroid dienone is 1. The smallest absolute Gasteiger partial charge is 0.336 e. The number of ether oxygens (including phenoxy) is 2. The molecule has 1 aromatic heterocycles. The van der Waals surface area contributed by atoms with E-state index in [-0.39, 0.29) is 5.63 Å². The first-order valence-electron chi connectivity index (χ1n) is 7.69. The molecule has 3 rings (SSSR count). The van der Waals surface area contributed by atoms with Crippen LogP contribution in [0, 0.1) is 5.41 Å². The van der Waals surface area contributed by atoms with E-state index in [2.05, 4.69) is 0 Å². The minimum Gasteiger partial charge on any atom is -0.489 e. The van der Waals surface area contributed by atoms with Crippen molar-refractivity contribution in [1.29, 1.82) is 5.41 Å². The fourth-order valence-corrected chi connectivity index (χ4v) is 2.35. The first-order valence-corrected chi connectivity index (χ1v) is 7.69. The molecule has 0 fully saturated rings. The van der Waals surface area contributed by atoms with Crippen LogP contribution in [0.3, 0.4) is 0 Å². The van der Waals surface area contributed by atoms with Crippen molar-refractivity contribution in [2.45, 2.75) is 26.4 Å². The minimum absolute atomic E-state index is 0.350. The van der Waals surface area contributed by atoms with Crippen molar-refractivity contribution in [3.63, 3.8) is 0 Å². The molecule has 0 saturated carbocycles. The van der Waals surface area contributed by atoms with Crippen molar-refractivity contribution in [3.05, 3.63) is 64.2 Å². The van der Waals surface area contributed by atoms with Crippen molar-refractivity contribution in [2.24, 2.45) is 0 Å². The third kappa shape index (κ3) is 3.25. The lowest BCUT2D eigenvalue weighted by atomic mass is 10.1. The average Bonchev–Trinajstić information content (AvgIpc) is 2.80. The highest BCUT2D eigenvalue weighted by molar-refractivity contribution is 6.01. The van der Waals surface area contributed by atoms with Crippen LogP contribution in [0.15, 0.2) is 63.0 Å². The monoisotopic (exact) mass is 325 g/mol. The van der Waals surface area contributed by atoms with E-state index in [1.807, 2.05) is 39.0 Å². The van der Waals surface area contributed by atoms with E-state index in [0.717, 1.165) is 11.0 Å². The Kier molecular flexibility index (Phi) is 4.01. The van der Waals surface area contributed by atoms with Gasteiger partial charge in [-0.1, -0.05) is 0 Å². The van der Waals surface area contributed by atoms with Gasteiger partial charge in [-0.3, -0.25) is 0 Å². The van der Waals surface area contributed by atoms with Gasteiger partial charge in [-0.2, -0.15) is 0 Å². The van der Waals surface area contributed by atoms with Crippen LogP contribution >= 0.6 is 0 Å². The predicted octanol–water partition coefficient (Wildman–Crippen LogP) is 3.83. The number of rotatable bonds is 4. The summed E-state index contributed by atoms with van der Waals surface area (Å²) in [5.41, 5.74) is 0.901. The molecule has 0 atom stereocenters. The van der Waals surface area contributed by atoms with Gasteiger partial charge in [-0.05, 0) is 50.6 Å². The number of hydrogen-bond donors (Lipinski definition) is 1. The first kappa shape index (κ1) is 16.1. The van der Waals surface area contributed by atoms with Gasteiger partial charge in [-0.15, -0.1) is 0 Å². The van der Waals surface area contributed by atoms with Crippen LogP contribution in [0.2, 0.25) is 0 Å². The zero-order valence-corrected chi connectivity index (χ0v) is 13.9. The SMILES string of the molecule is C/C(=C\COc1ccc2ccc(=O)oc2c1)C1=CC(=N)C(C)(C)O1. The Morgan fingerprint density at radius 1 is 1.29 bits per heavy atom. The van der Waals surface area contributed by atoms with E-state index in [0.29, 0.717) is 29.4 Å². The van der Waals surface area contributed by atoms with E-state index in [1.54, 1.807) is 18.2 Å². The van der Waals surface area contributed by atoms with Gasteiger partial charge in [0, 0.05) is 23.6 Å². The average molecular weight is 325 g/mol. The fourth-order valence-electron chi connectivity index (χ4n) is 2.35. The molecule has 2 aromatic rings. The van der Waals surface area contributed by atoms with Crippen LogP contribution in [-0.4, -0.2) is 17.9 Å². The Morgan fingerprint density at radius 3 is 2.75 bits per heavy atom. The number of benzene rings is 1. The molecule has 0 saturated heterocycles. The van der Waals surface area contributed by atoms with Crippen molar-refractivity contribution < 1.29 is 13.9 Å². The lowest BCUT2D eigenvalue weighted by Crippen LogP contribution is -2.27. The first-order chi connectivity index (χ1) is 11.3. The van der Waals surface area contributed by atoms with Crippen molar-refractivity contribution in [2.75, 3.05) is 6.61 Å². The molecule has 0 aliphatic carbocycles. The topological polar surface area (TPSA) is 72.5 Å². The maximum absolute atomic E-state index is 11.3. The maximum atomic E-state index is 11.3. The molecule has 0 bridgehead atoms. The molecule has 2 heterocycles. The van der Waals surface area contributed by atoms with Crippen LogP contribution < -0.4 is 10.4 Å². The van der Waals surface area contributed by atoms with Gasteiger partial charge in [-0.25, -0.2) is 4.79 Å². The molecule has 0 spiro atoms. The summed E-state index contributed by atoms with van der Waals surface area (Å²) in [6.45, 7) is 6.00. The van der Waals surface area contributed by atoms with Crippen molar-refractivity contribution in [3.8, 4) is 5.75 Å². The van der Waals surface area contributed by atoms with Gasteiger partial charge in [0.1, 0.15) is 29.3 Å². The van der Waals surface area contributed by atoms with E-state index in [1.165, 1.54) is 6.07 Å². The van der Waals surface area contributed by atoms with E-state index >= 15 is 0 Å². The van der Waals surface area contributed by atoms with E-state index < -0.39 is 5.60 Å². The number of fused-ring (bicyclic) bond motifs is 1. The molecule has 1 N–H and O–H groups in total. The van der Waals surface area contributed by atoms with Crippen LogP contribution in [0.25, 0.3) is 11.0 Å². The molecule has 24 heavy (non-hydrogen) atoms. The number of nitrogens with one attached hydrogen (secondary N) is 1. The minimum atomic E-state index is -0.582. The quantitative estimate of drug-likeness (QED) is 0.867. The van der Waals surface area contributed by atoms with E-state index in [9.17, 15) is 4.79 Å². The summed E-state index contributed by atoms with van der Waals surface area (Å²) in [5.74, 6) is 1.31. The van der Waals surface area contributed by atoms with Crippen LogP contribution in [0.5, 0.6) is 5.75 Å².